The van der Waals surface area contributed by atoms with Crippen LogP contribution in [0.1, 0.15) is 0 Å². The van der Waals surface area contributed by atoms with Crippen LogP contribution in [0.5, 0.6) is 0 Å². The van der Waals surface area contributed by atoms with Crippen molar-refractivity contribution in [2.45, 2.75) is 0 Å². The zero-order chi connectivity index (χ0) is 36.7. The molecule has 0 bridgehead atoms. The molecule has 56 heavy (non-hydrogen) atoms. The third-order valence-electron chi connectivity index (χ3n) is 11.4. The van der Waals surface area contributed by atoms with Gasteiger partial charge in [0.1, 0.15) is 0 Å². The van der Waals surface area contributed by atoms with Crippen molar-refractivity contribution in [1.82, 2.24) is 24.1 Å². The van der Waals surface area contributed by atoms with E-state index < -0.39 is 0 Å². The van der Waals surface area contributed by atoms with Crippen molar-refractivity contribution in [3.05, 3.63) is 188 Å². The lowest BCUT2D eigenvalue weighted by atomic mass is 9.92. The Kier molecular flexibility index (Phi) is 6.56. The van der Waals surface area contributed by atoms with E-state index >= 15 is 0 Å². The monoisotopic (exact) mass is 713 g/mol. The molecule has 0 fully saturated rings. The average Bonchev–Trinajstić information content (AvgIpc) is 3.79. The first-order valence-corrected chi connectivity index (χ1v) is 19.0. The van der Waals surface area contributed by atoms with Gasteiger partial charge in [0.25, 0.3) is 0 Å². The molecule has 0 amide bonds. The number of hydrogen-bond donors (Lipinski definition) is 0. The smallest absolute Gasteiger partial charge is 0.238 e. The molecular weight excluding hydrogens is 683 g/mol. The van der Waals surface area contributed by atoms with Gasteiger partial charge in [-0.15, -0.1) is 0 Å². The highest BCUT2D eigenvalue weighted by molar-refractivity contribution is 6.26. The largest absolute Gasteiger partial charge is 0.308 e. The minimum Gasteiger partial charge on any atom is -0.308 e. The second-order valence-electron chi connectivity index (χ2n) is 14.4. The Morgan fingerprint density at radius 2 is 0.661 bits per heavy atom. The van der Waals surface area contributed by atoms with Gasteiger partial charge < -0.3 is 4.57 Å². The van der Waals surface area contributed by atoms with Crippen LogP contribution in [0.25, 0.3) is 110 Å². The first-order valence-electron chi connectivity index (χ1n) is 19.0. The molecule has 0 spiro atoms. The fraction of sp³-hybridized carbons (Fsp3) is 0. The summed E-state index contributed by atoms with van der Waals surface area (Å²) in [4.78, 5) is 16.1. The van der Waals surface area contributed by atoms with Crippen LogP contribution in [0.3, 0.4) is 0 Å². The van der Waals surface area contributed by atoms with Crippen molar-refractivity contribution < 1.29 is 0 Å². The van der Waals surface area contributed by atoms with E-state index in [2.05, 4.69) is 179 Å². The van der Waals surface area contributed by atoms with Gasteiger partial charge in [-0.05, 0) is 68.7 Å². The summed E-state index contributed by atoms with van der Waals surface area (Å²) in [5.74, 6) is 1.79. The maximum atomic E-state index is 5.48. The maximum absolute atomic E-state index is 5.48. The molecule has 0 aliphatic rings. The number of para-hydroxylation sites is 4. The van der Waals surface area contributed by atoms with Gasteiger partial charge in [-0.3, -0.25) is 4.57 Å². The van der Waals surface area contributed by atoms with E-state index in [0.717, 1.165) is 55.0 Å². The van der Waals surface area contributed by atoms with E-state index in [9.17, 15) is 0 Å². The third kappa shape index (κ3) is 4.46. The number of nitrogens with zero attached hydrogens (tertiary/aromatic N) is 5. The SMILES string of the molecule is c1ccc(-c2nc(-c3cc4c5ccccc5c5ccccc5c4cc3-n3c4ccccc4c4ccccc43)nc(-n3c4ccccc4c4ccccc43)n2)cc1. The Labute approximate surface area is 321 Å². The first kappa shape index (κ1) is 30.8. The zero-order valence-corrected chi connectivity index (χ0v) is 30.1. The van der Waals surface area contributed by atoms with Gasteiger partial charge in [-0.1, -0.05) is 152 Å². The van der Waals surface area contributed by atoms with Gasteiger partial charge >= 0.3 is 0 Å². The molecule has 3 aromatic heterocycles. The van der Waals surface area contributed by atoms with Crippen molar-refractivity contribution >= 4 is 75.9 Å². The van der Waals surface area contributed by atoms with Gasteiger partial charge in [0.2, 0.25) is 5.95 Å². The van der Waals surface area contributed by atoms with Crippen molar-refractivity contribution in [2.75, 3.05) is 0 Å². The lowest BCUT2D eigenvalue weighted by Crippen LogP contribution is -2.08. The highest BCUT2D eigenvalue weighted by Crippen LogP contribution is 2.42. The summed E-state index contributed by atoms with van der Waals surface area (Å²) in [6, 6.07) is 66.8. The van der Waals surface area contributed by atoms with E-state index in [0.29, 0.717) is 17.6 Å². The van der Waals surface area contributed by atoms with Crippen LogP contribution in [0.15, 0.2) is 188 Å². The van der Waals surface area contributed by atoms with E-state index in [4.69, 9.17) is 15.0 Å². The fourth-order valence-corrected chi connectivity index (χ4v) is 8.93. The molecule has 5 heteroatoms. The zero-order valence-electron chi connectivity index (χ0n) is 30.1. The van der Waals surface area contributed by atoms with Gasteiger partial charge in [0.05, 0.1) is 27.8 Å². The maximum Gasteiger partial charge on any atom is 0.238 e. The molecule has 9 aromatic carbocycles. The summed E-state index contributed by atoms with van der Waals surface area (Å²) in [5.41, 5.74) is 7.19. The topological polar surface area (TPSA) is 48.5 Å². The number of rotatable bonds is 4. The van der Waals surface area contributed by atoms with E-state index in [1.807, 2.05) is 18.2 Å². The van der Waals surface area contributed by atoms with Crippen molar-refractivity contribution in [3.63, 3.8) is 0 Å². The molecule has 0 radical (unpaired) electrons. The predicted molar refractivity (Wildman–Crippen MR) is 232 cm³/mol. The summed E-state index contributed by atoms with van der Waals surface area (Å²) < 4.78 is 4.59. The lowest BCUT2D eigenvalue weighted by molar-refractivity contribution is 0.952. The van der Waals surface area contributed by atoms with Gasteiger partial charge in [-0.2, -0.15) is 9.97 Å². The van der Waals surface area contributed by atoms with E-state index in [1.54, 1.807) is 0 Å². The summed E-state index contributed by atoms with van der Waals surface area (Å²) >= 11 is 0. The minimum atomic E-state index is 0.572. The van der Waals surface area contributed by atoms with Crippen molar-refractivity contribution in [3.8, 4) is 34.4 Å². The number of aromatic nitrogens is 5. The number of hydrogen-bond acceptors (Lipinski definition) is 3. The van der Waals surface area contributed by atoms with E-state index in [1.165, 1.54) is 37.7 Å². The lowest BCUT2D eigenvalue weighted by Gasteiger charge is -2.18. The van der Waals surface area contributed by atoms with Crippen molar-refractivity contribution in [1.29, 1.82) is 0 Å². The quantitative estimate of drug-likeness (QED) is 0.171. The van der Waals surface area contributed by atoms with Crippen molar-refractivity contribution in [2.24, 2.45) is 0 Å². The summed E-state index contributed by atoms with van der Waals surface area (Å²) in [6.45, 7) is 0. The minimum absolute atomic E-state index is 0.572. The van der Waals surface area contributed by atoms with Gasteiger partial charge in [-0.25, -0.2) is 4.98 Å². The Balaban J connectivity index is 1.27. The predicted octanol–water partition coefficient (Wildman–Crippen LogP) is 12.9. The first-order chi connectivity index (χ1) is 27.8. The third-order valence-corrected chi connectivity index (χ3v) is 11.4. The van der Waals surface area contributed by atoms with Crippen LogP contribution in [-0.4, -0.2) is 24.1 Å². The highest BCUT2D eigenvalue weighted by atomic mass is 15.2. The molecular formula is C51H31N5. The van der Waals surface area contributed by atoms with Crippen LogP contribution >= 0.6 is 0 Å². The Hall–Kier alpha value is -7.63. The standard InChI is InChI=1S/C51H31N5/c1-2-16-32(17-3-1)49-52-50(54-51(53-49)56-46-28-14-10-24-39(46)40-25-11-15-29-47(40)56)43-30-41-35-20-6-4-18-33(35)34-19-5-7-21-36(34)42(41)31-48(43)55-44-26-12-8-22-37(44)38-23-9-13-27-45(38)55/h1-31H. The Morgan fingerprint density at radius 3 is 1.16 bits per heavy atom. The molecule has 0 saturated heterocycles. The Morgan fingerprint density at radius 1 is 0.286 bits per heavy atom. The molecule has 0 unspecified atom stereocenters. The molecule has 260 valence electrons. The molecule has 5 nitrogen and oxygen atoms in total. The molecule has 12 rings (SSSR count). The van der Waals surface area contributed by atoms with Crippen LogP contribution in [0.4, 0.5) is 0 Å². The molecule has 0 aliphatic heterocycles. The summed E-state index contributed by atoms with van der Waals surface area (Å²) in [6.07, 6.45) is 0. The van der Waals surface area contributed by atoms with Crippen LogP contribution in [0, 0.1) is 0 Å². The number of benzene rings is 9. The summed E-state index contributed by atoms with van der Waals surface area (Å²) in [7, 11) is 0. The van der Waals surface area contributed by atoms with Crippen LogP contribution in [-0.2, 0) is 0 Å². The van der Waals surface area contributed by atoms with Gasteiger partial charge in [0, 0.05) is 32.7 Å². The Bertz CT molecular complexity index is 3430. The highest BCUT2D eigenvalue weighted by Gasteiger charge is 2.23. The average molecular weight is 714 g/mol. The summed E-state index contributed by atoms with van der Waals surface area (Å²) in [5, 5.41) is 11.9. The van der Waals surface area contributed by atoms with E-state index in [-0.39, 0.29) is 0 Å². The molecule has 0 saturated carbocycles. The fourth-order valence-electron chi connectivity index (χ4n) is 8.93. The number of fused-ring (bicyclic) bond motifs is 12. The van der Waals surface area contributed by atoms with Crippen LogP contribution < -0.4 is 0 Å². The molecule has 12 aromatic rings. The van der Waals surface area contributed by atoms with Crippen LogP contribution in [0.2, 0.25) is 0 Å². The molecule has 0 N–H and O–H groups in total. The second-order valence-corrected chi connectivity index (χ2v) is 14.4. The normalized spacial score (nSPS) is 11.9. The molecule has 0 aliphatic carbocycles. The second kappa shape index (κ2) is 11.9. The molecule has 0 atom stereocenters. The van der Waals surface area contributed by atoms with Gasteiger partial charge in [0.15, 0.2) is 11.6 Å². The molecule has 3 heterocycles.